The number of carbonyl (C=O) groups is 1. The van der Waals surface area contributed by atoms with Gasteiger partial charge >= 0.3 is 6.18 Å². The second kappa shape index (κ2) is 12.7. The lowest BCUT2D eigenvalue weighted by Gasteiger charge is -2.28. The molecule has 1 aliphatic heterocycles. The lowest BCUT2D eigenvalue weighted by atomic mass is 9.88. The number of amides is 1. The Kier molecular flexibility index (Phi) is 9.02. The first-order valence-corrected chi connectivity index (χ1v) is 15.7. The summed E-state index contributed by atoms with van der Waals surface area (Å²) in [5.41, 5.74) is 0.906. The predicted molar refractivity (Wildman–Crippen MR) is 155 cm³/mol. The summed E-state index contributed by atoms with van der Waals surface area (Å²) >= 11 is 0. The largest absolute Gasteiger partial charge is 0.444 e. The minimum Gasteiger partial charge on any atom is -0.444 e. The van der Waals surface area contributed by atoms with Gasteiger partial charge in [-0.05, 0) is 49.9 Å². The van der Waals surface area contributed by atoms with E-state index in [1.165, 1.54) is 30.9 Å². The first kappa shape index (κ1) is 29.8. The van der Waals surface area contributed by atoms with Gasteiger partial charge in [-0.1, -0.05) is 43.5 Å². The molecule has 0 unspecified atom stereocenters. The highest BCUT2D eigenvalue weighted by molar-refractivity contribution is 7.85. The van der Waals surface area contributed by atoms with Crippen molar-refractivity contribution in [2.45, 2.75) is 56.7 Å². The van der Waals surface area contributed by atoms with E-state index in [-0.39, 0.29) is 23.3 Å². The summed E-state index contributed by atoms with van der Waals surface area (Å²) in [5.74, 6) is 1.55. The van der Waals surface area contributed by atoms with Crippen molar-refractivity contribution in [2.75, 3.05) is 29.5 Å². The number of aromatic nitrogens is 1. The van der Waals surface area contributed by atoms with Gasteiger partial charge in [-0.2, -0.15) is 18.4 Å². The number of nitrogens with one attached hydrogen (secondary N) is 1. The molecule has 0 radical (unpaired) electrons. The van der Waals surface area contributed by atoms with Crippen LogP contribution in [0.25, 0.3) is 22.7 Å². The van der Waals surface area contributed by atoms with Crippen molar-refractivity contribution in [3.05, 3.63) is 60.4 Å². The van der Waals surface area contributed by atoms with Crippen LogP contribution in [0.1, 0.15) is 50.5 Å². The molecule has 1 N–H and O–H groups in total. The van der Waals surface area contributed by atoms with Crippen LogP contribution in [0.3, 0.4) is 0 Å². The van der Waals surface area contributed by atoms with Gasteiger partial charge in [0.05, 0.1) is 11.6 Å². The topological polar surface area (TPSA) is 99.2 Å². The predicted octanol–water partition coefficient (Wildman–Crippen LogP) is 6.34. The number of carbonyl (C=O) groups excluding carboxylic acids is 1. The number of anilines is 1. The molecule has 222 valence electrons. The Hall–Kier alpha value is -3.65. The maximum atomic E-state index is 13.2. The van der Waals surface area contributed by atoms with Crippen molar-refractivity contribution in [1.29, 1.82) is 5.26 Å². The van der Waals surface area contributed by atoms with Gasteiger partial charge in [0, 0.05) is 58.1 Å². The van der Waals surface area contributed by atoms with Gasteiger partial charge in [0.25, 0.3) is 0 Å². The lowest BCUT2D eigenvalue weighted by Crippen LogP contribution is -2.40. The summed E-state index contributed by atoms with van der Waals surface area (Å²) in [5, 5.41) is 11.7. The fourth-order valence-electron chi connectivity index (χ4n) is 5.28. The molecule has 0 atom stereocenters. The molecular weight excluding hydrogens is 565 g/mol. The van der Waals surface area contributed by atoms with Gasteiger partial charge in [0.15, 0.2) is 0 Å². The maximum absolute atomic E-state index is 13.2. The molecule has 2 heterocycles. The first-order chi connectivity index (χ1) is 20.2. The number of hydrogen-bond acceptors (Lipinski definition) is 6. The van der Waals surface area contributed by atoms with Gasteiger partial charge in [0.2, 0.25) is 11.8 Å². The summed E-state index contributed by atoms with van der Waals surface area (Å²) in [6.45, 7) is 1.49. The SMILES string of the molecule is N#CC1(NC(=O)C2CCCCC2)CC1.O=S1CCN(c2ccc(-c3coc(-c4ccccc4C(F)(F)F)n3)cc2)CC1. The number of benzene rings is 2. The van der Waals surface area contributed by atoms with Crippen molar-refractivity contribution in [2.24, 2.45) is 5.92 Å². The molecule has 3 aliphatic rings. The van der Waals surface area contributed by atoms with E-state index in [2.05, 4.69) is 21.3 Å². The zero-order valence-electron chi connectivity index (χ0n) is 23.2. The smallest absolute Gasteiger partial charge is 0.417 e. The van der Waals surface area contributed by atoms with Crippen LogP contribution in [0.2, 0.25) is 0 Å². The van der Waals surface area contributed by atoms with Crippen molar-refractivity contribution < 1.29 is 26.6 Å². The summed E-state index contributed by atoms with van der Waals surface area (Å²) in [4.78, 5) is 18.2. The second-order valence-corrected chi connectivity index (χ2v) is 12.7. The quantitative estimate of drug-likeness (QED) is 0.368. The summed E-state index contributed by atoms with van der Waals surface area (Å²) in [6.07, 6.45) is 4.15. The van der Waals surface area contributed by atoms with Gasteiger partial charge in [-0.3, -0.25) is 9.00 Å². The normalized spacial score (nSPS) is 18.9. The Bertz CT molecular complexity index is 1450. The van der Waals surface area contributed by atoms with E-state index >= 15 is 0 Å². The fraction of sp³-hybridized carbons (Fsp3) is 0.452. The number of nitriles is 1. The van der Waals surface area contributed by atoms with Crippen LogP contribution in [0, 0.1) is 17.2 Å². The van der Waals surface area contributed by atoms with Gasteiger partial charge < -0.3 is 14.6 Å². The molecule has 1 amide bonds. The minimum atomic E-state index is -4.48. The molecule has 0 bridgehead atoms. The van der Waals surface area contributed by atoms with Crippen LogP contribution < -0.4 is 10.2 Å². The summed E-state index contributed by atoms with van der Waals surface area (Å²) in [6, 6.07) is 15.0. The van der Waals surface area contributed by atoms with Crippen LogP contribution in [0.5, 0.6) is 0 Å². The number of nitrogens with zero attached hydrogens (tertiary/aromatic N) is 3. The first-order valence-electron chi connectivity index (χ1n) is 14.2. The van der Waals surface area contributed by atoms with E-state index in [0.29, 0.717) is 17.2 Å². The molecule has 7 nitrogen and oxygen atoms in total. The number of rotatable bonds is 5. The molecule has 3 aromatic rings. The van der Waals surface area contributed by atoms with Gasteiger partial charge in [0.1, 0.15) is 17.5 Å². The molecule has 2 aromatic carbocycles. The molecule has 2 saturated carbocycles. The molecule has 2 aliphatic carbocycles. The summed E-state index contributed by atoms with van der Waals surface area (Å²) in [7, 11) is -0.737. The molecule has 3 fully saturated rings. The highest BCUT2D eigenvalue weighted by atomic mass is 32.2. The Balaban J connectivity index is 0.000000211. The average molecular weight is 599 g/mol. The highest BCUT2D eigenvalue weighted by Crippen LogP contribution is 2.38. The van der Waals surface area contributed by atoms with Crippen LogP contribution in [-0.4, -0.2) is 45.2 Å². The Morgan fingerprint density at radius 2 is 1.71 bits per heavy atom. The molecule has 42 heavy (non-hydrogen) atoms. The molecular formula is C31H33F3N4O3S. The second-order valence-electron chi connectivity index (χ2n) is 11.0. The van der Waals surface area contributed by atoms with E-state index in [0.717, 1.165) is 68.9 Å². The number of oxazole rings is 1. The third kappa shape index (κ3) is 7.21. The molecule has 11 heteroatoms. The standard InChI is InChI=1S/C20H17F3N2O2S.C11H16N2O/c21-20(22,23)17-4-2-1-3-16(17)19-24-18(13-27-19)14-5-7-15(8-6-14)25-9-11-28(26)12-10-25;12-8-11(6-7-11)13-10(14)9-4-2-1-3-5-9/h1-8,13H,9-12H2;9H,1-7H2,(H,13,14). The average Bonchev–Trinajstić information content (AvgIpc) is 3.61. The maximum Gasteiger partial charge on any atom is 0.417 e. The van der Waals surface area contributed by atoms with Crippen molar-refractivity contribution in [3.8, 4) is 28.8 Å². The van der Waals surface area contributed by atoms with E-state index in [9.17, 15) is 22.2 Å². The monoisotopic (exact) mass is 598 g/mol. The van der Waals surface area contributed by atoms with Gasteiger partial charge in [-0.15, -0.1) is 0 Å². The van der Waals surface area contributed by atoms with E-state index in [1.54, 1.807) is 0 Å². The minimum absolute atomic E-state index is 0.0643. The number of halogens is 3. The number of alkyl halides is 3. The Morgan fingerprint density at radius 1 is 1.05 bits per heavy atom. The van der Waals surface area contributed by atoms with Crippen molar-refractivity contribution in [1.82, 2.24) is 10.3 Å². The lowest BCUT2D eigenvalue weighted by molar-refractivity contribution is -0.137. The van der Waals surface area contributed by atoms with Crippen LogP contribution in [0.4, 0.5) is 18.9 Å². The third-order valence-corrected chi connectivity index (χ3v) is 9.25. The third-order valence-electron chi connectivity index (χ3n) is 7.98. The van der Waals surface area contributed by atoms with Crippen molar-refractivity contribution >= 4 is 22.4 Å². The molecule has 1 aromatic heterocycles. The summed E-state index contributed by atoms with van der Waals surface area (Å²) < 4.78 is 56.5. The van der Waals surface area contributed by atoms with E-state index < -0.39 is 28.1 Å². The Morgan fingerprint density at radius 3 is 2.33 bits per heavy atom. The molecule has 0 spiro atoms. The fourth-order valence-corrected chi connectivity index (χ4v) is 6.33. The van der Waals surface area contributed by atoms with Crippen molar-refractivity contribution in [3.63, 3.8) is 0 Å². The molecule has 6 rings (SSSR count). The van der Waals surface area contributed by atoms with E-state index in [1.807, 2.05) is 24.3 Å². The van der Waals surface area contributed by atoms with Crippen LogP contribution >= 0.6 is 0 Å². The number of hydrogen-bond donors (Lipinski definition) is 1. The van der Waals surface area contributed by atoms with Gasteiger partial charge in [-0.25, -0.2) is 4.98 Å². The molecule has 1 saturated heterocycles. The van der Waals surface area contributed by atoms with Crippen LogP contribution in [-0.2, 0) is 21.8 Å². The highest BCUT2D eigenvalue weighted by Gasteiger charge is 2.45. The zero-order chi connectivity index (χ0) is 29.7. The Labute approximate surface area is 245 Å². The van der Waals surface area contributed by atoms with E-state index in [4.69, 9.17) is 9.68 Å². The van der Waals surface area contributed by atoms with Crippen LogP contribution in [0.15, 0.2) is 59.2 Å². The zero-order valence-corrected chi connectivity index (χ0v) is 24.0.